The predicted molar refractivity (Wildman–Crippen MR) is 111 cm³/mol. The van der Waals surface area contributed by atoms with E-state index in [2.05, 4.69) is 26.8 Å². The molecule has 0 spiro atoms. The monoisotopic (exact) mass is 378 g/mol. The molecular weight excluding hydrogens is 363 g/mol. The zero-order valence-electron chi connectivity index (χ0n) is 15.6. The highest BCUT2D eigenvalue weighted by molar-refractivity contribution is 6.03. The molecule has 0 unspecified atom stereocenters. The lowest BCUT2D eigenvalue weighted by molar-refractivity contribution is 0.626. The summed E-state index contributed by atoms with van der Waals surface area (Å²) in [6.07, 6.45) is 5.21. The molecule has 0 aliphatic rings. The van der Waals surface area contributed by atoms with E-state index < -0.39 is 0 Å². The van der Waals surface area contributed by atoms with Crippen LogP contribution in [0.1, 0.15) is 17.0 Å². The molecular formula is C24H15FN4. The maximum atomic E-state index is 13.9. The van der Waals surface area contributed by atoms with Crippen molar-refractivity contribution >= 4 is 21.9 Å². The summed E-state index contributed by atoms with van der Waals surface area (Å²) in [5, 5.41) is 0.922. The van der Waals surface area contributed by atoms with E-state index in [1.54, 1.807) is 24.7 Å². The average molecular weight is 378 g/mol. The Labute approximate surface area is 166 Å². The Balaban J connectivity index is 1.74. The van der Waals surface area contributed by atoms with Crippen molar-refractivity contribution in [1.29, 1.82) is 0 Å². The number of benzene rings is 2. The third-order valence-electron chi connectivity index (χ3n) is 4.73. The quantitative estimate of drug-likeness (QED) is 0.393. The number of rotatable bonds is 1. The smallest absolute Gasteiger partial charge is 0.125 e. The van der Waals surface area contributed by atoms with Gasteiger partial charge in [-0.3, -0.25) is 14.5 Å². The Morgan fingerprint density at radius 2 is 1.79 bits per heavy atom. The molecule has 5 heteroatoms. The van der Waals surface area contributed by atoms with Crippen LogP contribution < -0.4 is 0 Å². The van der Waals surface area contributed by atoms with E-state index in [-0.39, 0.29) is 5.82 Å². The van der Waals surface area contributed by atoms with Gasteiger partial charge < -0.3 is 0 Å². The molecule has 0 bridgehead atoms. The molecule has 138 valence electrons. The van der Waals surface area contributed by atoms with E-state index in [1.165, 1.54) is 12.1 Å². The SMILES string of the molecule is Cc1nc2cnc3ccc(C#Cc4cccnc4)cc3c2n1-c1cccc(F)c1. The Hall–Kier alpha value is -4.04. The third kappa shape index (κ3) is 3.11. The van der Waals surface area contributed by atoms with Crippen molar-refractivity contribution in [1.82, 2.24) is 19.5 Å². The zero-order valence-corrected chi connectivity index (χ0v) is 15.6. The van der Waals surface area contributed by atoms with Crippen molar-refractivity contribution in [3.63, 3.8) is 0 Å². The van der Waals surface area contributed by atoms with Gasteiger partial charge in [0.25, 0.3) is 0 Å². The molecule has 3 aromatic heterocycles. The maximum Gasteiger partial charge on any atom is 0.125 e. The molecule has 5 aromatic rings. The third-order valence-corrected chi connectivity index (χ3v) is 4.73. The molecule has 29 heavy (non-hydrogen) atoms. The fourth-order valence-electron chi connectivity index (χ4n) is 3.46. The van der Waals surface area contributed by atoms with Crippen molar-refractivity contribution in [2.24, 2.45) is 0 Å². The minimum absolute atomic E-state index is 0.287. The van der Waals surface area contributed by atoms with Crippen LogP contribution >= 0.6 is 0 Å². The summed E-state index contributed by atoms with van der Waals surface area (Å²) in [6, 6.07) is 16.2. The first-order valence-electron chi connectivity index (χ1n) is 9.15. The molecule has 0 saturated carbocycles. The number of aryl methyl sites for hydroxylation is 1. The Bertz CT molecular complexity index is 1430. The average Bonchev–Trinajstić information content (AvgIpc) is 3.09. The summed E-state index contributed by atoms with van der Waals surface area (Å²) in [4.78, 5) is 13.2. The minimum Gasteiger partial charge on any atom is -0.296 e. The van der Waals surface area contributed by atoms with Gasteiger partial charge in [0.1, 0.15) is 17.2 Å². The fraction of sp³-hybridized carbons (Fsp3) is 0.0417. The summed E-state index contributed by atoms with van der Waals surface area (Å²) in [5.74, 6) is 6.80. The summed E-state index contributed by atoms with van der Waals surface area (Å²) in [6.45, 7) is 1.91. The summed E-state index contributed by atoms with van der Waals surface area (Å²) in [7, 11) is 0. The highest BCUT2D eigenvalue weighted by Gasteiger charge is 2.14. The van der Waals surface area contributed by atoms with Crippen molar-refractivity contribution < 1.29 is 4.39 Å². The molecule has 2 aromatic carbocycles. The van der Waals surface area contributed by atoms with E-state index in [9.17, 15) is 4.39 Å². The molecule has 3 heterocycles. The second-order valence-corrected chi connectivity index (χ2v) is 6.69. The maximum absolute atomic E-state index is 13.9. The lowest BCUT2D eigenvalue weighted by Crippen LogP contribution is -1.98. The summed E-state index contributed by atoms with van der Waals surface area (Å²) >= 11 is 0. The fourth-order valence-corrected chi connectivity index (χ4v) is 3.46. The topological polar surface area (TPSA) is 43.6 Å². The number of fused-ring (bicyclic) bond motifs is 3. The summed E-state index contributed by atoms with van der Waals surface area (Å²) < 4.78 is 15.8. The van der Waals surface area contributed by atoms with E-state index in [4.69, 9.17) is 0 Å². The number of imidazole rings is 1. The van der Waals surface area contributed by atoms with Crippen LogP contribution in [0.4, 0.5) is 4.39 Å². The first kappa shape index (κ1) is 17.1. The molecule has 4 nitrogen and oxygen atoms in total. The van der Waals surface area contributed by atoms with Gasteiger partial charge in [0, 0.05) is 28.9 Å². The van der Waals surface area contributed by atoms with Crippen LogP contribution in [0.3, 0.4) is 0 Å². The van der Waals surface area contributed by atoms with Gasteiger partial charge in [-0.2, -0.15) is 0 Å². The molecule has 0 aliphatic heterocycles. The lowest BCUT2D eigenvalue weighted by Gasteiger charge is -2.09. The Kier molecular flexibility index (Phi) is 4.03. The predicted octanol–water partition coefficient (Wildman–Crippen LogP) is 4.82. The number of hydrogen-bond donors (Lipinski definition) is 0. The van der Waals surface area contributed by atoms with Gasteiger partial charge in [-0.25, -0.2) is 9.37 Å². The summed E-state index contributed by atoms with van der Waals surface area (Å²) in [5.41, 5.74) is 4.93. The first-order chi connectivity index (χ1) is 14.2. The van der Waals surface area contributed by atoms with Crippen LogP contribution in [0.5, 0.6) is 0 Å². The highest BCUT2D eigenvalue weighted by atomic mass is 19.1. The number of nitrogens with zero attached hydrogens (tertiary/aromatic N) is 4. The van der Waals surface area contributed by atoms with Gasteiger partial charge in [0.2, 0.25) is 0 Å². The first-order valence-corrected chi connectivity index (χ1v) is 9.15. The molecule has 0 amide bonds. The Morgan fingerprint density at radius 3 is 2.62 bits per heavy atom. The minimum atomic E-state index is -0.287. The lowest BCUT2D eigenvalue weighted by atomic mass is 10.1. The van der Waals surface area contributed by atoms with Gasteiger partial charge in [-0.15, -0.1) is 0 Å². The van der Waals surface area contributed by atoms with Crippen LogP contribution in [0.15, 0.2) is 73.2 Å². The largest absolute Gasteiger partial charge is 0.296 e. The second-order valence-electron chi connectivity index (χ2n) is 6.69. The molecule has 0 atom stereocenters. The van der Waals surface area contributed by atoms with Gasteiger partial charge >= 0.3 is 0 Å². The van der Waals surface area contributed by atoms with Crippen molar-refractivity contribution in [3.8, 4) is 17.5 Å². The van der Waals surface area contributed by atoms with Crippen molar-refractivity contribution in [2.45, 2.75) is 6.92 Å². The Morgan fingerprint density at radius 1 is 0.897 bits per heavy atom. The van der Waals surface area contributed by atoms with E-state index in [0.717, 1.165) is 44.6 Å². The van der Waals surface area contributed by atoms with E-state index in [1.807, 2.05) is 47.9 Å². The van der Waals surface area contributed by atoms with Gasteiger partial charge in [-0.1, -0.05) is 17.9 Å². The van der Waals surface area contributed by atoms with Crippen LogP contribution in [0.2, 0.25) is 0 Å². The number of halogens is 1. The van der Waals surface area contributed by atoms with Gasteiger partial charge in [0.05, 0.1) is 22.9 Å². The molecule has 5 rings (SSSR count). The highest BCUT2D eigenvalue weighted by Crippen LogP contribution is 2.28. The standard InChI is InChI=1S/C24H15FN4/c1-16-28-23-15-27-22-10-9-17(7-8-18-4-3-11-26-14-18)12-21(22)24(23)29(16)20-6-2-5-19(25)13-20/h2-6,9-15H,1H3. The van der Waals surface area contributed by atoms with Crippen molar-refractivity contribution in [2.75, 3.05) is 0 Å². The normalized spacial score (nSPS) is 10.8. The zero-order chi connectivity index (χ0) is 19.8. The van der Waals surface area contributed by atoms with Gasteiger partial charge in [-0.05, 0) is 55.5 Å². The van der Waals surface area contributed by atoms with Crippen molar-refractivity contribution in [3.05, 3.63) is 96.0 Å². The second kappa shape index (κ2) is 6.84. The van der Waals surface area contributed by atoms with Crippen LogP contribution in [0.25, 0.3) is 27.6 Å². The van der Waals surface area contributed by atoms with Crippen LogP contribution in [0, 0.1) is 24.6 Å². The van der Waals surface area contributed by atoms with E-state index in [0.29, 0.717) is 0 Å². The van der Waals surface area contributed by atoms with Gasteiger partial charge in [0.15, 0.2) is 0 Å². The van der Waals surface area contributed by atoms with E-state index >= 15 is 0 Å². The molecule has 0 N–H and O–H groups in total. The van der Waals surface area contributed by atoms with Crippen LogP contribution in [-0.2, 0) is 0 Å². The molecule has 0 aliphatic carbocycles. The number of pyridine rings is 2. The molecule has 0 fully saturated rings. The van der Waals surface area contributed by atoms with Crippen LogP contribution in [-0.4, -0.2) is 19.5 Å². The molecule has 0 radical (unpaired) electrons. The number of hydrogen-bond acceptors (Lipinski definition) is 3. The molecule has 0 saturated heterocycles. The number of aromatic nitrogens is 4.